The number of hydrogen-bond donors (Lipinski definition) is 0. The summed E-state index contributed by atoms with van der Waals surface area (Å²) in [5.74, 6) is -0.111. The van der Waals surface area contributed by atoms with E-state index in [1.807, 2.05) is 28.5 Å². The molecule has 0 aliphatic carbocycles. The van der Waals surface area contributed by atoms with Crippen LogP contribution in [-0.2, 0) is 6.54 Å². The number of carbonyl (C=O) groups is 1. The predicted molar refractivity (Wildman–Crippen MR) is 89.6 cm³/mol. The summed E-state index contributed by atoms with van der Waals surface area (Å²) in [5, 5.41) is 1.93. The van der Waals surface area contributed by atoms with E-state index in [2.05, 4.69) is 20.8 Å². The van der Waals surface area contributed by atoms with Crippen LogP contribution >= 0.6 is 27.3 Å². The molecule has 3 rings (SSSR count). The standard InChI is InChI=1S/C16H16BrFN2OS/c17-14-10-13(18)4-3-12(14)11-19-5-7-20(8-6-19)16(21)15-2-1-9-22-15/h1-4,9-10H,5-8,11H2. The summed E-state index contributed by atoms with van der Waals surface area (Å²) in [5.41, 5.74) is 1.07. The lowest BCUT2D eigenvalue weighted by molar-refractivity contribution is 0.0633. The molecule has 2 heterocycles. The Balaban J connectivity index is 1.56. The highest BCUT2D eigenvalue weighted by molar-refractivity contribution is 9.10. The lowest BCUT2D eigenvalue weighted by Crippen LogP contribution is -2.48. The summed E-state index contributed by atoms with van der Waals surface area (Å²) < 4.78 is 13.9. The second-order valence-electron chi connectivity index (χ2n) is 5.28. The first-order valence-electron chi connectivity index (χ1n) is 7.12. The van der Waals surface area contributed by atoms with Gasteiger partial charge in [-0.3, -0.25) is 9.69 Å². The van der Waals surface area contributed by atoms with Crippen molar-refractivity contribution in [1.29, 1.82) is 0 Å². The van der Waals surface area contributed by atoms with Crippen molar-refractivity contribution in [3.8, 4) is 0 Å². The maximum atomic E-state index is 13.1. The molecule has 1 aromatic carbocycles. The SMILES string of the molecule is O=C(c1cccs1)N1CCN(Cc2ccc(F)cc2Br)CC1. The first-order chi connectivity index (χ1) is 10.6. The van der Waals surface area contributed by atoms with Gasteiger partial charge in [0.25, 0.3) is 5.91 Å². The van der Waals surface area contributed by atoms with Gasteiger partial charge >= 0.3 is 0 Å². The van der Waals surface area contributed by atoms with Crippen molar-refractivity contribution in [3.63, 3.8) is 0 Å². The van der Waals surface area contributed by atoms with Crippen molar-refractivity contribution in [1.82, 2.24) is 9.80 Å². The van der Waals surface area contributed by atoms with Gasteiger partial charge in [0, 0.05) is 37.2 Å². The van der Waals surface area contributed by atoms with Crippen LogP contribution in [0.15, 0.2) is 40.2 Å². The minimum Gasteiger partial charge on any atom is -0.335 e. The average molecular weight is 383 g/mol. The largest absolute Gasteiger partial charge is 0.335 e. The molecule has 0 N–H and O–H groups in total. The van der Waals surface area contributed by atoms with E-state index in [0.29, 0.717) is 0 Å². The van der Waals surface area contributed by atoms with Crippen LogP contribution in [0.1, 0.15) is 15.2 Å². The molecule has 1 aliphatic rings. The summed E-state index contributed by atoms with van der Waals surface area (Å²) in [7, 11) is 0. The molecule has 22 heavy (non-hydrogen) atoms. The van der Waals surface area contributed by atoms with Crippen molar-refractivity contribution in [3.05, 3.63) is 56.4 Å². The van der Waals surface area contributed by atoms with Crippen LogP contribution in [-0.4, -0.2) is 41.9 Å². The number of hydrogen-bond acceptors (Lipinski definition) is 3. The van der Waals surface area contributed by atoms with E-state index in [9.17, 15) is 9.18 Å². The normalized spacial score (nSPS) is 16.0. The summed E-state index contributed by atoms with van der Waals surface area (Å²) in [6, 6.07) is 8.56. The topological polar surface area (TPSA) is 23.6 Å². The van der Waals surface area contributed by atoms with E-state index < -0.39 is 0 Å². The Kier molecular flexibility index (Phi) is 4.90. The smallest absolute Gasteiger partial charge is 0.264 e. The lowest BCUT2D eigenvalue weighted by Gasteiger charge is -2.34. The minimum atomic E-state index is -0.234. The van der Waals surface area contributed by atoms with Crippen molar-refractivity contribution < 1.29 is 9.18 Å². The number of carbonyl (C=O) groups excluding carboxylic acids is 1. The number of halogens is 2. The fraction of sp³-hybridized carbons (Fsp3) is 0.312. The van der Waals surface area contributed by atoms with E-state index in [-0.39, 0.29) is 11.7 Å². The zero-order valence-corrected chi connectivity index (χ0v) is 14.4. The van der Waals surface area contributed by atoms with Gasteiger partial charge in [0.15, 0.2) is 0 Å². The van der Waals surface area contributed by atoms with Crippen LogP contribution in [0.4, 0.5) is 4.39 Å². The quantitative estimate of drug-likeness (QED) is 0.809. The molecule has 1 saturated heterocycles. The summed E-state index contributed by atoms with van der Waals surface area (Å²) in [4.78, 5) is 17.3. The maximum absolute atomic E-state index is 13.1. The van der Waals surface area contributed by atoms with E-state index in [1.165, 1.54) is 23.5 Å². The van der Waals surface area contributed by atoms with Crippen molar-refractivity contribution in [2.75, 3.05) is 26.2 Å². The first-order valence-corrected chi connectivity index (χ1v) is 8.80. The Morgan fingerprint density at radius 3 is 2.64 bits per heavy atom. The Bertz CT molecular complexity index is 654. The molecule has 0 saturated carbocycles. The van der Waals surface area contributed by atoms with Crippen LogP contribution < -0.4 is 0 Å². The maximum Gasteiger partial charge on any atom is 0.264 e. The Morgan fingerprint density at radius 2 is 2.00 bits per heavy atom. The number of piperazine rings is 1. The van der Waals surface area contributed by atoms with Crippen LogP contribution in [0.3, 0.4) is 0 Å². The summed E-state index contributed by atoms with van der Waals surface area (Å²) >= 11 is 4.89. The number of thiophene rings is 1. The molecule has 0 radical (unpaired) electrons. The monoisotopic (exact) mass is 382 g/mol. The van der Waals surface area contributed by atoms with Gasteiger partial charge in [-0.25, -0.2) is 4.39 Å². The molecule has 0 atom stereocenters. The highest BCUT2D eigenvalue weighted by Gasteiger charge is 2.22. The van der Waals surface area contributed by atoms with Gasteiger partial charge in [0.05, 0.1) is 4.88 Å². The molecule has 3 nitrogen and oxygen atoms in total. The third-order valence-corrected chi connectivity index (χ3v) is 5.40. The summed E-state index contributed by atoms with van der Waals surface area (Å²) in [6.45, 7) is 3.90. The zero-order chi connectivity index (χ0) is 15.5. The minimum absolute atomic E-state index is 0.123. The highest BCUT2D eigenvalue weighted by Crippen LogP contribution is 2.21. The van der Waals surface area contributed by atoms with Gasteiger partial charge in [-0.2, -0.15) is 0 Å². The van der Waals surface area contributed by atoms with Gasteiger partial charge in [-0.1, -0.05) is 28.1 Å². The van der Waals surface area contributed by atoms with Gasteiger partial charge in [-0.15, -0.1) is 11.3 Å². The number of amides is 1. The molecule has 0 bridgehead atoms. The molecule has 1 aliphatic heterocycles. The molecule has 1 aromatic heterocycles. The van der Waals surface area contributed by atoms with Gasteiger partial charge in [-0.05, 0) is 29.1 Å². The van der Waals surface area contributed by atoms with Gasteiger partial charge in [0.2, 0.25) is 0 Å². The third kappa shape index (κ3) is 3.56. The van der Waals surface area contributed by atoms with E-state index in [0.717, 1.165) is 47.6 Å². The van der Waals surface area contributed by atoms with Crippen LogP contribution in [0.2, 0.25) is 0 Å². The average Bonchev–Trinajstić information content (AvgIpc) is 3.04. The molecule has 0 spiro atoms. The number of benzene rings is 1. The molecule has 0 unspecified atom stereocenters. The molecule has 6 heteroatoms. The van der Waals surface area contributed by atoms with Crippen molar-refractivity contribution in [2.45, 2.75) is 6.54 Å². The van der Waals surface area contributed by atoms with Crippen LogP contribution in [0.25, 0.3) is 0 Å². The Morgan fingerprint density at radius 1 is 1.23 bits per heavy atom. The fourth-order valence-electron chi connectivity index (χ4n) is 2.56. The Hall–Kier alpha value is -1.24. The lowest BCUT2D eigenvalue weighted by atomic mass is 10.2. The van der Waals surface area contributed by atoms with Gasteiger partial charge in [0.1, 0.15) is 5.82 Å². The molecule has 116 valence electrons. The van der Waals surface area contributed by atoms with Crippen LogP contribution in [0, 0.1) is 5.82 Å². The molecule has 1 fully saturated rings. The Labute approximate surface area is 141 Å². The molecular formula is C16H16BrFN2OS. The third-order valence-electron chi connectivity index (χ3n) is 3.80. The van der Waals surface area contributed by atoms with Crippen molar-refractivity contribution in [2.24, 2.45) is 0 Å². The second-order valence-corrected chi connectivity index (χ2v) is 7.08. The van der Waals surface area contributed by atoms with Crippen LogP contribution in [0.5, 0.6) is 0 Å². The molecule has 1 amide bonds. The first kappa shape index (κ1) is 15.6. The number of nitrogens with zero attached hydrogens (tertiary/aromatic N) is 2. The molecule has 2 aromatic rings. The second kappa shape index (κ2) is 6.89. The highest BCUT2D eigenvalue weighted by atomic mass is 79.9. The predicted octanol–water partition coefficient (Wildman–Crippen LogP) is 3.61. The number of rotatable bonds is 3. The fourth-order valence-corrected chi connectivity index (χ4v) is 3.72. The molecular weight excluding hydrogens is 367 g/mol. The van der Waals surface area contributed by atoms with Crippen molar-refractivity contribution >= 4 is 33.2 Å². The van der Waals surface area contributed by atoms with Gasteiger partial charge < -0.3 is 4.90 Å². The summed E-state index contributed by atoms with van der Waals surface area (Å²) in [6.07, 6.45) is 0. The van der Waals surface area contributed by atoms with E-state index in [4.69, 9.17) is 0 Å². The van der Waals surface area contributed by atoms with E-state index in [1.54, 1.807) is 0 Å². The zero-order valence-electron chi connectivity index (χ0n) is 12.0. The van der Waals surface area contributed by atoms with E-state index >= 15 is 0 Å².